The minimum Gasteiger partial charge on any atom is -0.465 e. The average molecular weight is 284 g/mol. The molecule has 0 fully saturated rings. The summed E-state index contributed by atoms with van der Waals surface area (Å²) in [4.78, 5) is 12.4. The summed E-state index contributed by atoms with van der Waals surface area (Å²) in [5, 5.41) is 9.79. The Morgan fingerprint density at radius 3 is 3.11 bits per heavy atom. The van der Waals surface area contributed by atoms with Crippen LogP contribution in [0.3, 0.4) is 0 Å². The molecule has 0 unspecified atom stereocenters. The van der Waals surface area contributed by atoms with Gasteiger partial charge in [0.15, 0.2) is 0 Å². The summed E-state index contributed by atoms with van der Waals surface area (Å²) in [6, 6.07) is 3.82. The maximum absolute atomic E-state index is 11.5. The van der Waals surface area contributed by atoms with E-state index in [0.717, 1.165) is 4.88 Å². The number of hydrogen-bond donors (Lipinski definition) is 0. The third kappa shape index (κ3) is 3.11. The van der Waals surface area contributed by atoms with E-state index in [9.17, 15) is 4.79 Å². The molecule has 0 amide bonds. The van der Waals surface area contributed by atoms with Crippen LogP contribution in [0.15, 0.2) is 27.2 Å². The number of thiophene rings is 1. The van der Waals surface area contributed by atoms with Crippen LogP contribution < -0.4 is 0 Å². The van der Waals surface area contributed by atoms with Crippen molar-refractivity contribution in [2.24, 2.45) is 0 Å². The van der Waals surface area contributed by atoms with E-state index in [1.54, 1.807) is 13.8 Å². The number of nitrogens with zero attached hydrogens (tertiary/aromatic N) is 2. The van der Waals surface area contributed by atoms with Crippen molar-refractivity contribution in [1.29, 1.82) is 0 Å². The summed E-state index contributed by atoms with van der Waals surface area (Å²) >= 11 is 2.73. The molecular weight excluding hydrogens is 272 g/mol. The Labute approximate surface area is 113 Å². The maximum atomic E-state index is 11.5. The summed E-state index contributed by atoms with van der Waals surface area (Å²) in [6.07, 6.45) is 0. The zero-order valence-electron chi connectivity index (χ0n) is 9.95. The van der Waals surface area contributed by atoms with Gasteiger partial charge < -0.3 is 9.15 Å². The second kappa shape index (κ2) is 6.01. The highest BCUT2D eigenvalue weighted by atomic mass is 32.2. The van der Waals surface area contributed by atoms with E-state index in [-0.39, 0.29) is 11.2 Å². The molecular formula is C11H12N2O3S2. The SMILES string of the molecule is CCOC(=O)[C@@H](C)Sc1nnc(-c2cccs2)o1. The summed E-state index contributed by atoms with van der Waals surface area (Å²) < 4.78 is 10.4. The predicted octanol–water partition coefficient (Wildman–Crippen LogP) is 2.84. The highest BCUT2D eigenvalue weighted by molar-refractivity contribution is 8.00. The summed E-state index contributed by atoms with van der Waals surface area (Å²) in [7, 11) is 0. The number of thioether (sulfide) groups is 1. The Bertz CT molecular complexity index is 510. The number of ether oxygens (including phenoxy) is 1. The third-order valence-corrected chi connectivity index (χ3v) is 3.81. The fourth-order valence-corrected chi connectivity index (χ4v) is 2.54. The fourth-order valence-electron chi connectivity index (χ4n) is 1.22. The number of rotatable bonds is 5. The second-order valence-corrected chi connectivity index (χ2v) is 5.60. The lowest BCUT2D eigenvalue weighted by molar-refractivity contribution is -0.142. The molecule has 0 aliphatic rings. The summed E-state index contributed by atoms with van der Waals surface area (Å²) in [5.74, 6) is 0.196. The van der Waals surface area contributed by atoms with E-state index in [4.69, 9.17) is 9.15 Å². The molecule has 0 bridgehead atoms. The lowest BCUT2D eigenvalue weighted by atomic mass is 10.5. The van der Waals surface area contributed by atoms with Gasteiger partial charge in [-0.2, -0.15) is 0 Å². The van der Waals surface area contributed by atoms with Crippen molar-refractivity contribution in [1.82, 2.24) is 10.2 Å². The first kappa shape index (κ1) is 13.1. The molecule has 0 aliphatic heterocycles. The van der Waals surface area contributed by atoms with E-state index in [1.165, 1.54) is 23.1 Å². The van der Waals surface area contributed by atoms with Crippen LogP contribution in [-0.2, 0) is 9.53 Å². The van der Waals surface area contributed by atoms with Gasteiger partial charge in [0.05, 0.1) is 11.5 Å². The summed E-state index contributed by atoms with van der Waals surface area (Å²) in [6.45, 7) is 3.89. The molecule has 0 aromatic carbocycles. The Morgan fingerprint density at radius 1 is 1.61 bits per heavy atom. The van der Waals surface area contributed by atoms with Gasteiger partial charge in [-0.05, 0) is 25.3 Å². The molecule has 0 spiro atoms. The topological polar surface area (TPSA) is 65.2 Å². The molecule has 5 nitrogen and oxygen atoms in total. The third-order valence-electron chi connectivity index (χ3n) is 2.03. The van der Waals surface area contributed by atoms with Gasteiger partial charge in [0.25, 0.3) is 11.1 Å². The minimum absolute atomic E-state index is 0.279. The molecule has 2 aromatic heterocycles. The molecule has 7 heteroatoms. The first-order valence-electron chi connectivity index (χ1n) is 5.41. The van der Waals surface area contributed by atoms with E-state index in [0.29, 0.717) is 17.7 Å². The van der Waals surface area contributed by atoms with Gasteiger partial charge in [-0.15, -0.1) is 21.5 Å². The second-order valence-electron chi connectivity index (χ2n) is 3.36. The molecule has 0 aliphatic carbocycles. The molecule has 0 radical (unpaired) electrons. The van der Waals surface area contributed by atoms with Crippen molar-refractivity contribution >= 4 is 29.1 Å². The first-order chi connectivity index (χ1) is 8.70. The van der Waals surface area contributed by atoms with Gasteiger partial charge in [-0.3, -0.25) is 4.79 Å². The number of carbonyl (C=O) groups excluding carboxylic acids is 1. The van der Waals surface area contributed by atoms with Crippen molar-refractivity contribution in [2.45, 2.75) is 24.3 Å². The Kier molecular flexibility index (Phi) is 4.38. The highest BCUT2D eigenvalue weighted by Gasteiger charge is 2.19. The van der Waals surface area contributed by atoms with Crippen LogP contribution in [0.4, 0.5) is 0 Å². The van der Waals surface area contributed by atoms with Gasteiger partial charge in [0.2, 0.25) is 0 Å². The van der Waals surface area contributed by atoms with Gasteiger partial charge in [-0.25, -0.2) is 0 Å². The number of hydrogen-bond acceptors (Lipinski definition) is 7. The average Bonchev–Trinajstić information content (AvgIpc) is 2.98. The van der Waals surface area contributed by atoms with Gasteiger partial charge in [-0.1, -0.05) is 17.8 Å². The van der Waals surface area contributed by atoms with Crippen LogP contribution in [0, 0.1) is 0 Å². The van der Waals surface area contributed by atoms with Crippen LogP contribution in [-0.4, -0.2) is 28.0 Å². The molecule has 0 saturated heterocycles. The number of carbonyl (C=O) groups is 1. The number of aromatic nitrogens is 2. The summed E-state index contributed by atoms with van der Waals surface area (Å²) in [5.41, 5.74) is 0. The van der Waals surface area contributed by atoms with Crippen LogP contribution in [0.5, 0.6) is 0 Å². The quantitative estimate of drug-likeness (QED) is 0.621. The van der Waals surface area contributed by atoms with Crippen molar-refractivity contribution in [3.8, 4) is 10.8 Å². The lowest BCUT2D eigenvalue weighted by Crippen LogP contribution is -2.16. The zero-order valence-corrected chi connectivity index (χ0v) is 11.6. The largest absolute Gasteiger partial charge is 0.465 e. The van der Waals surface area contributed by atoms with Gasteiger partial charge >= 0.3 is 5.97 Å². The first-order valence-corrected chi connectivity index (χ1v) is 7.17. The molecule has 18 heavy (non-hydrogen) atoms. The van der Waals surface area contributed by atoms with E-state index in [2.05, 4.69) is 10.2 Å². The van der Waals surface area contributed by atoms with E-state index < -0.39 is 0 Å². The molecule has 0 saturated carbocycles. The molecule has 0 N–H and O–H groups in total. The smallest absolute Gasteiger partial charge is 0.319 e. The number of esters is 1. The maximum Gasteiger partial charge on any atom is 0.319 e. The van der Waals surface area contributed by atoms with Crippen LogP contribution in [0.25, 0.3) is 10.8 Å². The van der Waals surface area contributed by atoms with E-state index in [1.807, 2.05) is 17.5 Å². The standard InChI is InChI=1S/C11H12N2O3S2/c1-3-15-10(14)7(2)18-11-13-12-9(16-11)8-5-4-6-17-8/h4-7H,3H2,1-2H3/t7-/m1/s1. The van der Waals surface area contributed by atoms with Crippen molar-refractivity contribution in [2.75, 3.05) is 6.61 Å². The Morgan fingerprint density at radius 2 is 2.44 bits per heavy atom. The Balaban J connectivity index is 2.01. The molecule has 2 heterocycles. The van der Waals surface area contributed by atoms with E-state index >= 15 is 0 Å². The monoisotopic (exact) mass is 284 g/mol. The fraction of sp³-hybridized carbons (Fsp3) is 0.364. The van der Waals surface area contributed by atoms with Crippen molar-refractivity contribution < 1.29 is 13.9 Å². The molecule has 2 rings (SSSR count). The highest BCUT2D eigenvalue weighted by Crippen LogP contribution is 2.28. The van der Waals surface area contributed by atoms with Crippen LogP contribution in [0.1, 0.15) is 13.8 Å². The normalized spacial score (nSPS) is 12.3. The predicted molar refractivity (Wildman–Crippen MR) is 69.6 cm³/mol. The molecule has 1 atom stereocenters. The lowest BCUT2D eigenvalue weighted by Gasteiger charge is -2.06. The van der Waals surface area contributed by atoms with Crippen LogP contribution >= 0.6 is 23.1 Å². The molecule has 2 aromatic rings. The van der Waals surface area contributed by atoms with Gasteiger partial charge in [0, 0.05) is 0 Å². The van der Waals surface area contributed by atoms with Crippen LogP contribution in [0.2, 0.25) is 0 Å². The van der Waals surface area contributed by atoms with Crippen molar-refractivity contribution in [3.05, 3.63) is 17.5 Å². The van der Waals surface area contributed by atoms with Crippen molar-refractivity contribution in [3.63, 3.8) is 0 Å². The Hall–Kier alpha value is -1.34. The minimum atomic E-state index is -0.360. The van der Waals surface area contributed by atoms with Gasteiger partial charge in [0.1, 0.15) is 5.25 Å². The zero-order chi connectivity index (χ0) is 13.0. The molecule has 96 valence electrons.